The molecule has 2 aliphatic rings. The molecule has 2 heteroatoms. The van der Waals surface area contributed by atoms with Crippen molar-refractivity contribution in [2.45, 2.75) is 63.8 Å². The van der Waals surface area contributed by atoms with Crippen LogP contribution in [0.15, 0.2) is 60.7 Å². The van der Waals surface area contributed by atoms with Crippen molar-refractivity contribution >= 4 is 18.7 Å². The lowest BCUT2D eigenvalue weighted by atomic mass is 9.71. The van der Waals surface area contributed by atoms with E-state index in [-0.39, 0.29) is 0 Å². The molecule has 27 heavy (non-hydrogen) atoms. The minimum atomic E-state index is -2.65. The topological polar surface area (TPSA) is 20.2 Å². The van der Waals surface area contributed by atoms with E-state index >= 15 is 0 Å². The summed E-state index contributed by atoms with van der Waals surface area (Å²) in [7, 11) is -2.65. The van der Waals surface area contributed by atoms with Crippen LogP contribution in [0.25, 0.3) is 0 Å². The van der Waals surface area contributed by atoms with E-state index in [1.165, 1.54) is 68.2 Å². The van der Waals surface area contributed by atoms with E-state index in [1.807, 2.05) is 0 Å². The van der Waals surface area contributed by atoms with Gasteiger partial charge >= 0.3 is 0 Å². The molecule has 0 spiro atoms. The smallest absolute Gasteiger partial charge is 0.252 e. The fourth-order valence-electron chi connectivity index (χ4n) is 5.88. The highest BCUT2D eigenvalue weighted by molar-refractivity contribution is 6.96. The van der Waals surface area contributed by atoms with Gasteiger partial charge in [-0.25, -0.2) is 0 Å². The molecule has 0 saturated heterocycles. The van der Waals surface area contributed by atoms with E-state index in [0.29, 0.717) is 0 Å². The van der Waals surface area contributed by atoms with Gasteiger partial charge in [-0.15, -0.1) is 0 Å². The summed E-state index contributed by atoms with van der Waals surface area (Å²) < 4.78 is 0. The molecular formula is C25H34OSi. The van der Waals surface area contributed by atoms with Crippen molar-refractivity contribution in [1.82, 2.24) is 0 Å². The Morgan fingerprint density at radius 2 is 1.22 bits per heavy atom. The van der Waals surface area contributed by atoms with Crippen LogP contribution in [-0.4, -0.2) is 13.1 Å². The molecule has 0 amide bonds. The molecule has 4 rings (SSSR count). The minimum absolute atomic E-state index is 0.827. The highest BCUT2D eigenvalue weighted by Gasteiger charge is 2.39. The van der Waals surface area contributed by atoms with Crippen LogP contribution < -0.4 is 10.4 Å². The van der Waals surface area contributed by atoms with Gasteiger partial charge in [0.1, 0.15) is 0 Å². The maximum Gasteiger partial charge on any atom is 0.252 e. The van der Waals surface area contributed by atoms with Gasteiger partial charge in [-0.2, -0.15) is 0 Å². The molecule has 0 radical (unpaired) electrons. The van der Waals surface area contributed by atoms with E-state index in [9.17, 15) is 4.80 Å². The Balaban J connectivity index is 1.55. The van der Waals surface area contributed by atoms with Crippen molar-refractivity contribution < 1.29 is 4.80 Å². The standard InChI is InChI=1S/C25H34OSi/c26-27(23-14-3-1-4-15-23,24-16-5-2-6-17-24)20-19-22-13-9-10-18-25(22)21-11-7-8-12-21/h1-6,14-17,21-22,25-26H,7-13,18-20H2/t22-,25-/m0/s1. The summed E-state index contributed by atoms with van der Waals surface area (Å²) in [4.78, 5) is 12.0. The first kappa shape index (κ1) is 19.0. The first-order valence-electron chi connectivity index (χ1n) is 11.1. The van der Waals surface area contributed by atoms with Crippen molar-refractivity contribution in [3.8, 4) is 0 Å². The monoisotopic (exact) mass is 378 g/mol. The Bertz CT molecular complexity index is 653. The van der Waals surface area contributed by atoms with Crippen LogP contribution in [0.3, 0.4) is 0 Å². The van der Waals surface area contributed by atoms with Gasteiger partial charge in [-0.05, 0) is 47.0 Å². The van der Waals surface area contributed by atoms with Crippen LogP contribution in [-0.2, 0) is 0 Å². The lowest BCUT2D eigenvalue weighted by Gasteiger charge is -2.37. The number of hydrogen-bond acceptors (Lipinski definition) is 1. The third-order valence-electron chi connectivity index (χ3n) is 7.35. The van der Waals surface area contributed by atoms with Gasteiger partial charge in [-0.3, -0.25) is 0 Å². The zero-order valence-corrected chi connectivity index (χ0v) is 17.5. The van der Waals surface area contributed by atoms with E-state index in [2.05, 4.69) is 60.7 Å². The van der Waals surface area contributed by atoms with Crippen molar-refractivity contribution in [3.63, 3.8) is 0 Å². The van der Waals surface area contributed by atoms with Crippen molar-refractivity contribution in [1.29, 1.82) is 0 Å². The van der Waals surface area contributed by atoms with Gasteiger partial charge in [0.2, 0.25) is 0 Å². The zero-order valence-electron chi connectivity index (χ0n) is 16.5. The zero-order chi connectivity index (χ0) is 18.5. The molecule has 1 nitrogen and oxygen atoms in total. The molecule has 2 aliphatic carbocycles. The van der Waals surface area contributed by atoms with Gasteiger partial charge in [0.05, 0.1) is 0 Å². The highest BCUT2D eigenvalue weighted by Crippen LogP contribution is 2.44. The van der Waals surface area contributed by atoms with Crippen molar-refractivity contribution in [2.75, 3.05) is 0 Å². The number of benzene rings is 2. The van der Waals surface area contributed by atoms with E-state index in [4.69, 9.17) is 0 Å². The normalized spacial score (nSPS) is 24.2. The van der Waals surface area contributed by atoms with Gasteiger partial charge in [0.15, 0.2) is 0 Å². The van der Waals surface area contributed by atoms with Gasteiger partial charge in [0.25, 0.3) is 8.32 Å². The van der Waals surface area contributed by atoms with E-state index < -0.39 is 8.32 Å². The SMILES string of the molecule is O[Si](CC[C@@H]1CCCC[C@H]1C1CCCC1)(c1ccccc1)c1ccccc1. The fraction of sp³-hybridized carbons (Fsp3) is 0.520. The van der Waals surface area contributed by atoms with Gasteiger partial charge < -0.3 is 4.80 Å². The van der Waals surface area contributed by atoms with Crippen LogP contribution in [0.2, 0.25) is 6.04 Å². The first-order valence-corrected chi connectivity index (χ1v) is 13.3. The second-order valence-electron chi connectivity index (χ2n) is 8.88. The molecule has 2 atom stereocenters. The maximum atomic E-state index is 12.0. The second-order valence-corrected chi connectivity index (χ2v) is 12.3. The quantitative estimate of drug-likeness (QED) is 0.691. The number of hydrogen-bond donors (Lipinski definition) is 1. The predicted molar refractivity (Wildman–Crippen MR) is 117 cm³/mol. The second kappa shape index (κ2) is 8.75. The van der Waals surface area contributed by atoms with E-state index in [1.54, 1.807) is 0 Å². The Labute approximate surface area is 166 Å². The van der Waals surface area contributed by atoms with Crippen molar-refractivity contribution in [2.24, 2.45) is 17.8 Å². The molecule has 0 heterocycles. The molecule has 2 saturated carbocycles. The van der Waals surface area contributed by atoms with Crippen molar-refractivity contribution in [3.05, 3.63) is 60.7 Å². The van der Waals surface area contributed by atoms with Crippen LogP contribution in [0, 0.1) is 17.8 Å². The van der Waals surface area contributed by atoms with E-state index in [0.717, 1.165) is 23.8 Å². The molecular weight excluding hydrogens is 344 g/mol. The average Bonchev–Trinajstić information content (AvgIpc) is 3.28. The number of rotatable bonds is 6. The molecule has 0 aliphatic heterocycles. The minimum Gasteiger partial charge on any atom is -0.424 e. The highest BCUT2D eigenvalue weighted by atomic mass is 28.4. The summed E-state index contributed by atoms with van der Waals surface area (Å²) in [6, 6.07) is 22.0. The Morgan fingerprint density at radius 3 is 1.81 bits per heavy atom. The third-order valence-corrected chi connectivity index (χ3v) is 10.9. The summed E-state index contributed by atoms with van der Waals surface area (Å²) >= 11 is 0. The van der Waals surface area contributed by atoms with Crippen LogP contribution in [0.4, 0.5) is 0 Å². The van der Waals surface area contributed by atoms with Gasteiger partial charge in [-0.1, -0.05) is 106 Å². The van der Waals surface area contributed by atoms with Crippen LogP contribution in [0.5, 0.6) is 0 Å². The molecule has 2 fully saturated rings. The summed E-state index contributed by atoms with van der Waals surface area (Å²) in [5, 5.41) is 2.34. The summed E-state index contributed by atoms with van der Waals surface area (Å²) in [6.45, 7) is 0. The first-order chi connectivity index (χ1) is 13.3. The molecule has 0 bridgehead atoms. The van der Waals surface area contributed by atoms with Gasteiger partial charge in [0, 0.05) is 0 Å². The third kappa shape index (κ3) is 4.22. The predicted octanol–water partition coefficient (Wildman–Crippen LogP) is 5.13. The lowest BCUT2D eigenvalue weighted by molar-refractivity contribution is 0.157. The average molecular weight is 379 g/mol. The Morgan fingerprint density at radius 1 is 0.704 bits per heavy atom. The largest absolute Gasteiger partial charge is 0.424 e. The summed E-state index contributed by atoms with van der Waals surface area (Å²) in [5.41, 5.74) is 0. The van der Waals surface area contributed by atoms with Crippen LogP contribution >= 0.6 is 0 Å². The maximum absolute atomic E-state index is 12.0. The molecule has 144 valence electrons. The fourth-order valence-corrected chi connectivity index (χ4v) is 9.07. The molecule has 0 unspecified atom stereocenters. The summed E-state index contributed by atoms with van der Waals surface area (Å²) in [6.07, 6.45) is 12.7. The molecule has 2 aromatic rings. The molecule has 2 aromatic carbocycles. The van der Waals surface area contributed by atoms with Crippen LogP contribution in [0.1, 0.15) is 57.8 Å². The molecule has 0 aromatic heterocycles. The lowest BCUT2D eigenvalue weighted by Crippen LogP contribution is -2.58. The molecule has 1 N–H and O–H groups in total. The Kier molecular flexibility index (Phi) is 6.14. The summed E-state index contributed by atoms with van der Waals surface area (Å²) in [5.74, 6) is 2.72. The Hall–Kier alpha value is -1.38.